The number of aromatic nitrogens is 2. The van der Waals surface area contributed by atoms with Gasteiger partial charge in [0, 0.05) is 13.2 Å². The standard InChI is InChI=1S/C15H19N3O/c1-18-10-13(9-16-18)17-15(11-6-7-11)12-4-3-5-14(8-12)19-2/h3-5,8-11,15,17H,6-7H2,1-2H3. The van der Waals surface area contributed by atoms with Gasteiger partial charge in [0.2, 0.25) is 0 Å². The van der Waals surface area contributed by atoms with E-state index in [0.717, 1.165) is 11.4 Å². The monoisotopic (exact) mass is 257 g/mol. The highest BCUT2D eigenvalue weighted by atomic mass is 16.5. The van der Waals surface area contributed by atoms with Gasteiger partial charge in [-0.3, -0.25) is 4.68 Å². The molecule has 1 saturated carbocycles. The van der Waals surface area contributed by atoms with E-state index in [9.17, 15) is 0 Å². The number of ether oxygens (including phenoxy) is 1. The predicted octanol–water partition coefficient (Wildman–Crippen LogP) is 2.99. The summed E-state index contributed by atoms with van der Waals surface area (Å²) < 4.78 is 7.13. The molecule has 0 bridgehead atoms. The minimum absolute atomic E-state index is 0.347. The maximum absolute atomic E-state index is 5.32. The Labute approximate surface area is 113 Å². The van der Waals surface area contributed by atoms with Crippen molar-refractivity contribution in [1.29, 1.82) is 0 Å². The molecule has 1 heterocycles. The zero-order valence-electron chi connectivity index (χ0n) is 11.3. The number of anilines is 1. The molecule has 1 atom stereocenters. The van der Waals surface area contributed by atoms with Crippen molar-refractivity contribution in [3.63, 3.8) is 0 Å². The lowest BCUT2D eigenvalue weighted by atomic mass is 10.0. The third kappa shape index (κ3) is 2.72. The van der Waals surface area contributed by atoms with Crippen LogP contribution >= 0.6 is 0 Å². The molecule has 0 aliphatic heterocycles. The molecule has 1 aromatic heterocycles. The van der Waals surface area contributed by atoms with Gasteiger partial charge in [0.1, 0.15) is 5.75 Å². The second-order valence-corrected chi connectivity index (χ2v) is 5.14. The number of aryl methyl sites for hydroxylation is 1. The molecule has 4 heteroatoms. The molecule has 1 aromatic carbocycles. The molecule has 100 valence electrons. The number of hydrogen-bond donors (Lipinski definition) is 1. The zero-order valence-corrected chi connectivity index (χ0v) is 11.3. The Hall–Kier alpha value is -1.97. The van der Waals surface area contributed by atoms with Crippen LogP contribution in [0.15, 0.2) is 36.7 Å². The van der Waals surface area contributed by atoms with Crippen molar-refractivity contribution in [2.75, 3.05) is 12.4 Å². The summed E-state index contributed by atoms with van der Waals surface area (Å²) in [5, 5.41) is 7.80. The topological polar surface area (TPSA) is 39.1 Å². The molecule has 1 unspecified atom stereocenters. The second kappa shape index (κ2) is 4.96. The van der Waals surface area contributed by atoms with Crippen molar-refractivity contribution in [3.8, 4) is 5.75 Å². The summed E-state index contributed by atoms with van der Waals surface area (Å²) >= 11 is 0. The highest BCUT2D eigenvalue weighted by Gasteiger charge is 2.32. The van der Waals surface area contributed by atoms with Gasteiger partial charge in [0.25, 0.3) is 0 Å². The first-order valence-corrected chi connectivity index (χ1v) is 6.65. The largest absolute Gasteiger partial charge is 0.497 e. The van der Waals surface area contributed by atoms with E-state index in [1.165, 1.54) is 18.4 Å². The molecule has 1 fully saturated rings. The first-order chi connectivity index (χ1) is 9.26. The molecule has 19 heavy (non-hydrogen) atoms. The summed E-state index contributed by atoms with van der Waals surface area (Å²) in [7, 11) is 3.64. The van der Waals surface area contributed by atoms with Gasteiger partial charge in [-0.1, -0.05) is 12.1 Å². The zero-order chi connectivity index (χ0) is 13.2. The minimum Gasteiger partial charge on any atom is -0.497 e. The molecule has 4 nitrogen and oxygen atoms in total. The van der Waals surface area contributed by atoms with E-state index < -0.39 is 0 Å². The summed E-state index contributed by atoms with van der Waals surface area (Å²) in [6.07, 6.45) is 6.45. The summed E-state index contributed by atoms with van der Waals surface area (Å²) in [6.45, 7) is 0. The Morgan fingerprint density at radius 3 is 2.89 bits per heavy atom. The highest BCUT2D eigenvalue weighted by Crippen LogP contribution is 2.43. The van der Waals surface area contributed by atoms with Gasteiger partial charge in [0.05, 0.1) is 25.0 Å². The van der Waals surface area contributed by atoms with Crippen LogP contribution in [0.1, 0.15) is 24.4 Å². The summed E-state index contributed by atoms with van der Waals surface area (Å²) in [5.74, 6) is 1.63. The Kier molecular flexibility index (Phi) is 3.15. The van der Waals surface area contributed by atoms with Crippen LogP contribution in [0.25, 0.3) is 0 Å². The predicted molar refractivity (Wildman–Crippen MR) is 75.3 cm³/mol. The Balaban J connectivity index is 1.83. The molecular weight excluding hydrogens is 238 g/mol. The summed E-state index contributed by atoms with van der Waals surface area (Å²) in [6, 6.07) is 8.66. The van der Waals surface area contributed by atoms with Crippen LogP contribution in [0, 0.1) is 5.92 Å². The smallest absolute Gasteiger partial charge is 0.119 e. The number of benzene rings is 1. The van der Waals surface area contributed by atoms with Crippen molar-refractivity contribution in [3.05, 3.63) is 42.2 Å². The van der Waals surface area contributed by atoms with Crippen molar-refractivity contribution in [2.45, 2.75) is 18.9 Å². The second-order valence-electron chi connectivity index (χ2n) is 5.14. The number of nitrogens with zero attached hydrogens (tertiary/aromatic N) is 2. The minimum atomic E-state index is 0.347. The van der Waals surface area contributed by atoms with Gasteiger partial charge in [-0.05, 0) is 36.5 Å². The molecule has 0 saturated heterocycles. The van der Waals surface area contributed by atoms with Gasteiger partial charge >= 0.3 is 0 Å². The Morgan fingerprint density at radius 1 is 1.42 bits per heavy atom. The van der Waals surface area contributed by atoms with E-state index in [-0.39, 0.29) is 0 Å². The van der Waals surface area contributed by atoms with Crippen LogP contribution in [-0.4, -0.2) is 16.9 Å². The third-order valence-corrected chi connectivity index (χ3v) is 3.57. The molecule has 1 N–H and O–H groups in total. The summed E-state index contributed by atoms with van der Waals surface area (Å²) in [4.78, 5) is 0. The third-order valence-electron chi connectivity index (χ3n) is 3.57. The number of nitrogens with one attached hydrogen (secondary N) is 1. The van der Waals surface area contributed by atoms with Crippen molar-refractivity contribution in [2.24, 2.45) is 13.0 Å². The Morgan fingerprint density at radius 2 is 2.26 bits per heavy atom. The van der Waals surface area contributed by atoms with Crippen LogP contribution in [0.4, 0.5) is 5.69 Å². The van der Waals surface area contributed by atoms with Gasteiger partial charge in [-0.15, -0.1) is 0 Å². The van der Waals surface area contributed by atoms with E-state index in [4.69, 9.17) is 4.74 Å². The fourth-order valence-corrected chi connectivity index (χ4v) is 2.41. The van der Waals surface area contributed by atoms with E-state index >= 15 is 0 Å². The molecule has 3 rings (SSSR count). The normalized spacial score (nSPS) is 16.1. The SMILES string of the molecule is COc1cccc(C(Nc2cnn(C)c2)C2CC2)c1. The average molecular weight is 257 g/mol. The van der Waals surface area contributed by atoms with E-state index in [2.05, 4.69) is 28.6 Å². The average Bonchev–Trinajstić information content (AvgIpc) is 3.19. The highest BCUT2D eigenvalue weighted by molar-refractivity contribution is 5.44. The lowest BCUT2D eigenvalue weighted by molar-refractivity contribution is 0.413. The van der Waals surface area contributed by atoms with E-state index in [1.54, 1.807) is 7.11 Å². The van der Waals surface area contributed by atoms with Gasteiger partial charge in [-0.2, -0.15) is 5.10 Å². The number of rotatable bonds is 5. The fraction of sp³-hybridized carbons (Fsp3) is 0.400. The quantitative estimate of drug-likeness (QED) is 0.895. The van der Waals surface area contributed by atoms with Crippen LogP contribution in [-0.2, 0) is 7.05 Å². The molecule has 0 spiro atoms. The maximum Gasteiger partial charge on any atom is 0.119 e. The van der Waals surface area contributed by atoms with Crippen LogP contribution in [0.3, 0.4) is 0 Å². The van der Waals surface area contributed by atoms with Crippen LogP contribution in [0.5, 0.6) is 5.75 Å². The van der Waals surface area contributed by atoms with Gasteiger partial charge in [-0.25, -0.2) is 0 Å². The van der Waals surface area contributed by atoms with Crippen LogP contribution < -0.4 is 10.1 Å². The molecule has 1 aliphatic rings. The fourth-order valence-electron chi connectivity index (χ4n) is 2.41. The van der Waals surface area contributed by atoms with Crippen molar-refractivity contribution >= 4 is 5.69 Å². The molecule has 0 amide bonds. The van der Waals surface area contributed by atoms with Crippen molar-refractivity contribution < 1.29 is 4.74 Å². The van der Waals surface area contributed by atoms with Gasteiger partial charge in [0.15, 0.2) is 0 Å². The molecule has 0 radical (unpaired) electrons. The first kappa shape index (κ1) is 12.1. The molecule has 2 aromatic rings. The van der Waals surface area contributed by atoms with E-state index in [0.29, 0.717) is 12.0 Å². The number of methoxy groups -OCH3 is 1. The Bertz CT molecular complexity index is 560. The van der Waals surface area contributed by atoms with Crippen LogP contribution in [0.2, 0.25) is 0 Å². The van der Waals surface area contributed by atoms with Gasteiger partial charge < -0.3 is 10.1 Å². The van der Waals surface area contributed by atoms with Crippen molar-refractivity contribution in [1.82, 2.24) is 9.78 Å². The maximum atomic E-state index is 5.32. The van der Waals surface area contributed by atoms with E-state index in [1.807, 2.05) is 30.2 Å². The number of hydrogen-bond acceptors (Lipinski definition) is 3. The lowest BCUT2D eigenvalue weighted by Crippen LogP contribution is -2.12. The first-order valence-electron chi connectivity index (χ1n) is 6.65. The lowest BCUT2D eigenvalue weighted by Gasteiger charge is -2.19. The summed E-state index contributed by atoms with van der Waals surface area (Å²) in [5.41, 5.74) is 2.35. The molecule has 1 aliphatic carbocycles. The molecular formula is C15H19N3O.